The first kappa shape index (κ1) is 40.3. The molecule has 0 aliphatic heterocycles. The number of anilines is 3. The van der Waals surface area contributed by atoms with Crippen LogP contribution in [0.5, 0.6) is 0 Å². The Balaban J connectivity index is 1.12. The van der Waals surface area contributed by atoms with Gasteiger partial charge < -0.3 is 9.47 Å². The van der Waals surface area contributed by atoms with E-state index < -0.39 is 5.41 Å². The van der Waals surface area contributed by atoms with Crippen LogP contribution >= 0.6 is 0 Å². The summed E-state index contributed by atoms with van der Waals surface area (Å²) in [6, 6.07) is 102. The van der Waals surface area contributed by atoms with Gasteiger partial charge >= 0.3 is 0 Å². The zero-order valence-electron chi connectivity index (χ0n) is 38.0. The SMILES string of the molecule is c1ccc(-c2ccccc2-c2ccccc2-c2ccccc2N(c2ccc3c(c2)-c2ccccc2C3(c2ccccc2)c2ccccc2)c2cccc3c4ccccc4n(-c4ccccc4)c23)cc1. The van der Waals surface area contributed by atoms with Gasteiger partial charge in [-0.15, -0.1) is 0 Å². The molecule has 324 valence electrons. The third kappa shape index (κ3) is 6.41. The molecule has 0 N–H and O–H groups in total. The molecular weight excluding hydrogens is 833 g/mol. The molecule has 0 radical (unpaired) electrons. The average molecular weight is 879 g/mol. The Kier molecular flexibility index (Phi) is 9.77. The molecule has 0 saturated carbocycles. The quantitative estimate of drug-likeness (QED) is 0.140. The summed E-state index contributed by atoms with van der Waals surface area (Å²) in [5.41, 5.74) is 20.8. The summed E-state index contributed by atoms with van der Waals surface area (Å²) in [5.74, 6) is 0. The maximum Gasteiger partial charge on any atom is 0.0782 e. The van der Waals surface area contributed by atoms with Crippen LogP contribution in [0.1, 0.15) is 22.3 Å². The van der Waals surface area contributed by atoms with Crippen molar-refractivity contribution in [2.45, 2.75) is 5.41 Å². The van der Waals surface area contributed by atoms with Crippen LogP contribution in [0, 0.1) is 0 Å². The molecule has 0 atom stereocenters. The lowest BCUT2D eigenvalue weighted by molar-refractivity contribution is 0.768. The van der Waals surface area contributed by atoms with Crippen molar-refractivity contribution in [2.75, 3.05) is 4.90 Å². The van der Waals surface area contributed by atoms with Gasteiger partial charge in [0.2, 0.25) is 0 Å². The lowest BCUT2D eigenvalue weighted by atomic mass is 9.68. The van der Waals surface area contributed by atoms with Gasteiger partial charge in [0.1, 0.15) is 0 Å². The maximum atomic E-state index is 2.53. The Morgan fingerprint density at radius 3 is 1.48 bits per heavy atom. The van der Waals surface area contributed by atoms with Crippen molar-refractivity contribution in [1.29, 1.82) is 0 Å². The minimum absolute atomic E-state index is 0.513. The molecule has 2 nitrogen and oxygen atoms in total. The van der Waals surface area contributed by atoms with Crippen LogP contribution in [0.25, 0.3) is 72.0 Å². The first-order chi connectivity index (χ1) is 34.3. The van der Waals surface area contributed by atoms with Gasteiger partial charge in [0.05, 0.1) is 27.8 Å². The molecule has 12 aromatic rings. The molecule has 1 aliphatic rings. The summed E-state index contributed by atoms with van der Waals surface area (Å²) in [5, 5.41) is 2.41. The number of hydrogen-bond acceptors (Lipinski definition) is 1. The fraction of sp³-hybridized carbons (Fsp3) is 0.0149. The highest BCUT2D eigenvalue weighted by atomic mass is 15.2. The monoisotopic (exact) mass is 878 g/mol. The smallest absolute Gasteiger partial charge is 0.0782 e. The number of aromatic nitrogens is 1. The van der Waals surface area contributed by atoms with Crippen molar-refractivity contribution in [2.24, 2.45) is 0 Å². The van der Waals surface area contributed by atoms with E-state index in [4.69, 9.17) is 0 Å². The van der Waals surface area contributed by atoms with Gasteiger partial charge in [0.15, 0.2) is 0 Å². The molecule has 0 amide bonds. The van der Waals surface area contributed by atoms with Gasteiger partial charge in [0, 0.05) is 27.7 Å². The van der Waals surface area contributed by atoms with E-state index in [9.17, 15) is 0 Å². The second kappa shape index (κ2) is 16.7. The van der Waals surface area contributed by atoms with Crippen molar-refractivity contribution < 1.29 is 0 Å². The van der Waals surface area contributed by atoms with Crippen LogP contribution in [0.15, 0.2) is 279 Å². The molecule has 0 fully saturated rings. The van der Waals surface area contributed by atoms with Crippen LogP contribution in [-0.4, -0.2) is 4.57 Å². The average Bonchev–Trinajstić information content (AvgIpc) is 3.93. The molecule has 2 heteroatoms. The number of fused-ring (bicyclic) bond motifs is 6. The Morgan fingerprint density at radius 1 is 0.304 bits per heavy atom. The van der Waals surface area contributed by atoms with Gasteiger partial charge in [-0.2, -0.15) is 0 Å². The van der Waals surface area contributed by atoms with Crippen molar-refractivity contribution in [3.05, 3.63) is 301 Å². The maximum absolute atomic E-state index is 2.53. The third-order valence-corrected chi connectivity index (χ3v) is 14.3. The Hall–Kier alpha value is -8.98. The Bertz CT molecular complexity index is 3790. The fourth-order valence-electron chi connectivity index (χ4n) is 11.4. The first-order valence-electron chi connectivity index (χ1n) is 23.9. The lowest BCUT2D eigenvalue weighted by Crippen LogP contribution is -2.28. The zero-order chi connectivity index (χ0) is 45.7. The van der Waals surface area contributed by atoms with E-state index in [1.165, 1.54) is 71.9 Å². The number of hydrogen-bond donors (Lipinski definition) is 0. The minimum atomic E-state index is -0.513. The molecule has 69 heavy (non-hydrogen) atoms. The van der Waals surface area contributed by atoms with Crippen molar-refractivity contribution in [1.82, 2.24) is 4.57 Å². The molecule has 0 bridgehead atoms. The predicted octanol–water partition coefficient (Wildman–Crippen LogP) is 17.6. The number of benzene rings is 11. The molecule has 1 heterocycles. The van der Waals surface area contributed by atoms with Gasteiger partial charge in [-0.25, -0.2) is 0 Å². The summed E-state index contributed by atoms with van der Waals surface area (Å²) in [6.07, 6.45) is 0. The van der Waals surface area contributed by atoms with Crippen LogP contribution in [0.4, 0.5) is 17.1 Å². The number of para-hydroxylation sites is 4. The fourth-order valence-corrected chi connectivity index (χ4v) is 11.4. The van der Waals surface area contributed by atoms with E-state index in [-0.39, 0.29) is 0 Å². The third-order valence-electron chi connectivity index (χ3n) is 14.3. The summed E-state index contributed by atoms with van der Waals surface area (Å²) in [7, 11) is 0. The number of nitrogens with zero attached hydrogens (tertiary/aromatic N) is 2. The van der Waals surface area contributed by atoms with Gasteiger partial charge in [-0.3, -0.25) is 0 Å². The zero-order valence-corrected chi connectivity index (χ0v) is 38.0. The Morgan fingerprint density at radius 2 is 0.783 bits per heavy atom. The molecule has 0 saturated heterocycles. The molecule has 11 aromatic carbocycles. The summed E-state index contributed by atoms with van der Waals surface area (Å²) in [6.45, 7) is 0. The molecule has 1 aromatic heterocycles. The van der Waals surface area contributed by atoms with Crippen molar-refractivity contribution in [3.8, 4) is 50.2 Å². The largest absolute Gasteiger partial charge is 0.308 e. The topological polar surface area (TPSA) is 8.17 Å². The van der Waals surface area contributed by atoms with Crippen molar-refractivity contribution >= 4 is 38.9 Å². The highest BCUT2D eigenvalue weighted by molar-refractivity contribution is 6.15. The molecule has 13 rings (SSSR count). The normalized spacial score (nSPS) is 12.5. The van der Waals surface area contributed by atoms with Gasteiger partial charge in [-0.1, -0.05) is 237 Å². The lowest BCUT2D eigenvalue weighted by Gasteiger charge is -2.34. The first-order valence-corrected chi connectivity index (χ1v) is 23.9. The van der Waals surface area contributed by atoms with E-state index in [1.807, 2.05) is 0 Å². The van der Waals surface area contributed by atoms with E-state index in [2.05, 4.69) is 289 Å². The van der Waals surface area contributed by atoms with E-state index >= 15 is 0 Å². The van der Waals surface area contributed by atoms with Crippen LogP contribution in [0.3, 0.4) is 0 Å². The standard InChI is InChI=1S/C67H46N2/c1-5-24-47(25-6-1)52-32-13-14-33-53(52)54-34-15-16-35-55(54)57-37-18-21-41-63(57)68(65-43-23-39-59-58-38-19-22-42-64(58)69(66(59)65)50-30-11-4-12-31-50)51-44-45-62-60(46-51)56-36-17-20-40-61(56)67(62,48-26-7-2-8-27-48)49-28-9-3-10-29-49/h1-46H. The van der Waals surface area contributed by atoms with E-state index in [1.54, 1.807) is 0 Å². The molecular formula is C67H46N2. The van der Waals surface area contributed by atoms with E-state index in [0.717, 1.165) is 39.4 Å². The highest BCUT2D eigenvalue weighted by Gasteiger charge is 2.46. The van der Waals surface area contributed by atoms with Crippen molar-refractivity contribution in [3.63, 3.8) is 0 Å². The second-order valence-corrected chi connectivity index (χ2v) is 17.9. The summed E-state index contributed by atoms with van der Waals surface area (Å²) < 4.78 is 2.46. The molecule has 0 unspecified atom stereocenters. The van der Waals surface area contributed by atoms with Crippen LogP contribution in [-0.2, 0) is 5.41 Å². The van der Waals surface area contributed by atoms with Gasteiger partial charge in [0.25, 0.3) is 0 Å². The Labute approximate surface area is 403 Å². The minimum Gasteiger partial charge on any atom is -0.308 e. The van der Waals surface area contributed by atoms with Crippen LogP contribution in [0.2, 0.25) is 0 Å². The number of rotatable bonds is 9. The molecule has 1 aliphatic carbocycles. The highest BCUT2D eigenvalue weighted by Crippen LogP contribution is 2.58. The summed E-state index contributed by atoms with van der Waals surface area (Å²) >= 11 is 0. The van der Waals surface area contributed by atoms with E-state index in [0.29, 0.717) is 0 Å². The molecule has 0 spiro atoms. The predicted molar refractivity (Wildman–Crippen MR) is 289 cm³/mol. The second-order valence-electron chi connectivity index (χ2n) is 17.9. The van der Waals surface area contributed by atoms with Crippen LogP contribution < -0.4 is 4.90 Å². The van der Waals surface area contributed by atoms with Gasteiger partial charge in [-0.05, 0) is 104 Å². The summed E-state index contributed by atoms with van der Waals surface area (Å²) in [4.78, 5) is 2.53.